The van der Waals surface area contributed by atoms with Crippen LogP contribution in [-0.4, -0.2) is 20.0 Å². The Morgan fingerprint density at radius 2 is 1.89 bits per heavy atom. The van der Waals surface area contributed by atoms with E-state index in [2.05, 4.69) is 5.32 Å². The summed E-state index contributed by atoms with van der Waals surface area (Å²) in [6, 6.07) is 10.9. The molecule has 1 aromatic heterocycles. The maximum Gasteiger partial charge on any atom is 0.291 e. The Hall–Kier alpha value is -2.27. The molecule has 0 fully saturated rings. The quantitative estimate of drug-likeness (QED) is 0.881. The number of nitrogens with one attached hydrogen (secondary N) is 1. The molecular formula is C14H17N3O2. The van der Waals surface area contributed by atoms with Gasteiger partial charge in [-0.1, -0.05) is 0 Å². The van der Waals surface area contributed by atoms with E-state index in [1.807, 2.05) is 43.3 Å². The van der Waals surface area contributed by atoms with Crippen molar-refractivity contribution in [2.24, 2.45) is 5.73 Å². The Labute approximate surface area is 112 Å². The molecule has 5 nitrogen and oxygen atoms in total. The molecule has 0 aliphatic rings. The number of hydrogen-bond acceptors (Lipinski definition) is 4. The predicted octanol–water partition coefficient (Wildman–Crippen LogP) is 2.06. The number of anilines is 2. The van der Waals surface area contributed by atoms with Gasteiger partial charge in [-0.05, 0) is 36.4 Å². The van der Waals surface area contributed by atoms with Crippen LogP contribution >= 0.6 is 0 Å². The third-order valence-electron chi connectivity index (χ3n) is 2.73. The summed E-state index contributed by atoms with van der Waals surface area (Å²) in [5, 5.41) is 2.77. The van der Waals surface area contributed by atoms with Crippen LogP contribution in [-0.2, 0) is 6.54 Å². The number of hydrogen-bond donors (Lipinski definition) is 2. The van der Waals surface area contributed by atoms with Crippen molar-refractivity contribution in [3.8, 4) is 0 Å². The molecule has 0 saturated carbocycles. The minimum absolute atomic E-state index is 0.261. The summed E-state index contributed by atoms with van der Waals surface area (Å²) in [7, 11) is 3.93. The van der Waals surface area contributed by atoms with Crippen molar-refractivity contribution >= 4 is 17.3 Å². The van der Waals surface area contributed by atoms with Crippen molar-refractivity contribution in [1.29, 1.82) is 0 Å². The molecule has 0 atom stereocenters. The minimum Gasteiger partial charge on any atom is -0.455 e. The average Bonchev–Trinajstić information content (AvgIpc) is 2.88. The fourth-order valence-electron chi connectivity index (χ4n) is 1.65. The Morgan fingerprint density at radius 3 is 2.42 bits per heavy atom. The molecule has 0 aliphatic carbocycles. The Balaban J connectivity index is 2.06. The van der Waals surface area contributed by atoms with Gasteiger partial charge < -0.3 is 20.4 Å². The molecule has 0 saturated heterocycles. The molecule has 1 amide bonds. The third-order valence-corrected chi connectivity index (χ3v) is 2.73. The van der Waals surface area contributed by atoms with E-state index in [4.69, 9.17) is 10.2 Å². The summed E-state index contributed by atoms with van der Waals surface area (Å²) in [6.45, 7) is 0.283. The molecule has 2 aromatic rings. The zero-order chi connectivity index (χ0) is 13.8. The monoisotopic (exact) mass is 259 g/mol. The van der Waals surface area contributed by atoms with E-state index in [0.29, 0.717) is 5.76 Å². The molecule has 1 aromatic carbocycles. The van der Waals surface area contributed by atoms with Crippen LogP contribution in [0.5, 0.6) is 0 Å². The van der Waals surface area contributed by atoms with Crippen molar-refractivity contribution in [1.82, 2.24) is 0 Å². The second-order valence-electron chi connectivity index (χ2n) is 4.37. The number of nitrogens with two attached hydrogens (primary N) is 1. The molecule has 0 aliphatic heterocycles. The highest BCUT2D eigenvalue weighted by Gasteiger charge is 2.10. The van der Waals surface area contributed by atoms with Crippen molar-refractivity contribution in [2.75, 3.05) is 24.3 Å². The Kier molecular flexibility index (Phi) is 3.87. The van der Waals surface area contributed by atoms with Crippen LogP contribution in [0.25, 0.3) is 0 Å². The topological polar surface area (TPSA) is 71.5 Å². The van der Waals surface area contributed by atoms with Crippen LogP contribution in [0.3, 0.4) is 0 Å². The van der Waals surface area contributed by atoms with Gasteiger partial charge in [0.1, 0.15) is 5.76 Å². The van der Waals surface area contributed by atoms with Gasteiger partial charge in [0.05, 0.1) is 6.54 Å². The van der Waals surface area contributed by atoms with Gasteiger partial charge in [0.15, 0.2) is 5.76 Å². The molecule has 100 valence electrons. The maximum absolute atomic E-state index is 11.9. The lowest BCUT2D eigenvalue weighted by Gasteiger charge is -2.12. The fraction of sp³-hybridized carbons (Fsp3) is 0.214. The van der Waals surface area contributed by atoms with E-state index in [1.54, 1.807) is 12.1 Å². The second-order valence-corrected chi connectivity index (χ2v) is 4.37. The number of amides is 1. The number of carbonyl (C=O) groups excluding carboxylic acids is 1. The van der Waals surface area contributed by atoms with Crippen molar-refractivity contribution in [3.63, 3.8) is 0 Å². The molecular weight excluding hydrogens is 242 g/mol. The highest BCUT2D eigenvalue weighted by atomic mass is 16.4. The number of furan rings is 1. The summed E-state index contributed by atoms with van der Waals surface area (Å²) in [5.74, 6) is 0.572. The van der Waals surface area contributed by atoms with E-state index in [1.165, 1.54) is 0 Å². The summed E-state index contributed by atoms with van der Waals surface area (Å²) >= 11 is 0. The summed E-state index contributed by atoms with van der Waals surface area (Å²) in [6.07, 6.45) is 0. The Morgan fingerprint density at radius 1 is 1.21 bits per heavy atom. The van der Waals surface area contributed by atoms with E-state index >= 15 is 0 Å². The van der Waals surface area contributed by atoms with Crippen LogP contribution < -0.4 is 16.0 Å². The van der Waals surface area contributed by atoms with Gasteiger partial charge in [0, 0.05) is 25.5 Å². The van der Waals surface area contributed by atoms with E-state index in [-0.39, 0.29) is 18.2 Å². The van der Waals surface area contributed by atoms with Crippen LogP contribution in [0.2, 0.25) is 0 Å². The highest BCUT2D eigenvalue weighted by Crippen LogP contribution is 2.17. The lowest BCUT2D eigenvalue weighted by Crippen LogP contribution is -2.12. The van der Waals surface area contributed by atoms with Gasteiger partial charge in [-0.15, -0.1) is 0 Å². The standard InChI is InChI=1S/C14H17N3O2/c1-17(2)11-5-3-10(4-6-11)16-14(18)13-8-7-12(9-15)19-13/h3-8H,9,15H2,1-2H3,(H,16,18). The highest BCUT2D eigenvalue weighted by molar-refractivity contribution is 6.02. The van der Waals surface area contributed by atoms with Gasteiger partial charge in [-0.2, -0.15) is 0 Å². The van der Waals surface area contributed by atoms with Gasteiger partial charge >= 0.3 is 0 Å². The average molecular weight is 259 g/mol. The second kappa shape index (κ2) is 5.58. The molecule has 0 spiro atoms. The number of carbonyl (C=O) groups is 1. The zero-order valence-electron chi connectivity index (χ0n) is 11.0. The third kappa shape index (κ3) is 3.14. The molecule has 0 bridgehead atoms. The molecule has 0 unspecified atom stereocenters. The number of benzene rings is 1. The number of rotatable bonds is 4. The number of nitrogens with zero attached hydrogens (tertiary/aromatic N) is 1. The lowest BCUT2D eigenvalue weighted by atomic mass is 10.2. The molecule has 1 heterocycles. The molecule has 19 heavy (non-hydrogen) atoms. The predicted molar refractivity (Wildman–Crippen MR) is 75.3 cm³/mol. The molecule has 3 N–H and O–H groups in total. The van der Waals surface area contributed by atoms with Gasteiger partial charge in [0.2, 0.25) is 0 Å². The lowest BCUT2D eigenvalue weighted by molar-refractivity contribution is 0.0995. The van der Waals surface area contributed by atoms with Gasteiger partial charge in [-0.25, -0.2) is 0 Å². The molecule has 2 rings (SSSR count). The molecule has 0 radical (unpaired) electrons. The van der Waals surface area contributed by atoms with E-state index in [0.717, 1.165) is 11.4 Å². The van der Waals surface area contributed by atoms with Crippen LogP contribution in [0.15, 0.2) is 40.8 Å². The first-order chi connectivity index (χ1) is 9.10. The van der Waals surface area contributed by atoms with Crippen molar-refractivity contribution in [2.45, 2.75) is 6.54 Å². The minimum atomic E-state index is -0.280. The normalized spacial score (nSPS) is 10.3. The van der Waals surface area contributed by atoms with Crippen LogP contribution in [0, 0.1) is 0 Å². The maximum atomic E-state index is 11.9. The van der Waals surface area contributed by atoms with Crippen LogP contribution in [0.4, 0.5) is 11.4 Å². The first-order valence-electron chi connectivity index (χ1n) is 5.97. The SMILES string of the molecule is CN(C)c1ccc(NC(=O)c2ccc(CN)o2)cc1. The van der Waals surface area contributed by atoms with Crippen molar-refractivity contribution in [3.05, 3.63) is 47.9 Å². The largest absolute Gasteiger partial charge is 0.455 e. The van der Waals surface area contributed by atoms with E-state index in [9.17, 15) is 4.79 Å². The summed E-state index contributed by atoms with van der Waals surface area (Å²) < 4.78 is 5.28. The van der Waals surface area contributed by atoms with Gasteiger partial charge in [0.25, 0.3) is 5.91 Å². The fourth-order valence-corrected chi connectivity index (χ4v) is 1.65. The van der Waals surface area contributed by atoms with E-state index < -0.39 is 0 Å². The van der Waals surface area contributed by atoms with Crippen LogP contribution in [0.1, 0.15) is 16.3 Å². The zero-order valence-corrected chi connectivity index (χ0v) is 11.0. The summed E-state index contributed by atoms with van der Waals surface area (Å²) in [4.78, 5) is 13.9. The van der Waals surface area contributed by atoms with Gasteiger partial charge in [-0.3, -0.25) is 4.79 Å². The molecule has 5 heteroatoms. The smallest absolute Gasteiger partial charge is 0.291 e. The summed E-state index contributed by atoms with van der Waals surface area (Å²) in [5.41, 5.74) is 7.22. The Bertz CT molecular complexity index is 558. The first kappa shape index (κ1) is 13.2. The first-order valence-corrected chi connectivity index (χ1v) is 5.97. The van der Waals surface area contributed by atoms with Crippen molar-refractivity contribution < 1.29 is 9.21 Å².